The third-order valence-corrected chi connectivity index (χ3v) is 12.3. The lowest BCUT2D eigenvalue weighted by Gasteiger charge is -2.21. The molecule has 3 heterocycles. The van der Waals surface area contributed by atoms with Crippen LogP contribution in [0, 0.1) is 11.3 Å². The van der Waals surface area contributed by atoms with Gasteiger partial charge >= 0.3 is 0 Å². The van der Waals surface area contributed by atoms with Crippen LogP contribution in [0.2, 0.25) is 0 Å². The molecule has 0 aliphatic heterocycles. The SMILES string of the molecule is N#Cc1c(-c2ccccc2)nc(-c2c(-c3ccccc3)cc(-c3ccccc3)cc2-n2c3ccccc3c3c4oc5c(-c6ccccc6)cccc5c4ccc32)nc1-c1ccccc1. The minimum absolute atomic E-state index is 0.420. The number of para-hydroxylation sites is 2. The summed E-state index contributed by atoms with van der Waals surface area (Å²) in [6.45, 7) is 0. The van der Waals surface area contributed by atoms with Crippen LogP contribution < -0.4 is 0 Å². The maximum atomic E-state index is 10.9. The van der Waals surface area contributed by atoms with Gasteiger partial charge in [-0.2, -0.15) is 5.26 Å². The molecule has 0 saturated carbocycles. The zero-order valence-corrected chi connectivity index (χ0v) is 34.5. The summed E-state index contributed by atoms with van der Waals surface area (Å²) in [6.07, 6.45) is 0. The van der Waals surface area contributed by atoms with E-state index in [-0.39, 0.29) is 0 Å². The lowest BCUT2D eigenvalue weighted by molar-refractivity contribution is 0.674. The average Bonchev–Trinajstić information content (AvgIpc) is 3.93. The Morgan fingerprint density at radius 2 is 0.922 bits per heavy atom. The molecule has 298 valence electrons. The second kappa shape index (κ2) is 15.3. The topological polar surface area (TPSA) is 67.6 Å². The number of aromatic nitrogens is 3. The van der Waals surface area contributed by atoms with Gasteiger partial charge in [0.25, 0.3) is 0 Å². The van der Waals surface area contributed by atoms with Gasteiger partial charge in [-0.15, -0.1) is 0 Å². The summed E-state index contributed by atoms with van der Waals surface area (Å²) in [5.41, 5.74) is 14.9. The molecule has 0 saturated heterocycles. The number of nitriles is 1. The first kappa shape index (κ1) is 37.0. The van der Waals surface area contributed by atoms with E-state index in [0.29, 0.717) is 22.8 Å². The van der Waals surface area contributed by atoms with Crippen molar-refractivity contribution in [3.8, 4) is 79.0 Å². The van der Waals surface area contributed by atoms with Crippen molar-refractivity contribution in [1.29, 1.82) is 5.26 Å². The minimum atomic E-state index is 0.420. The molecule has 0 unspecified atom stereocenters. The highest BCUT2D eigenvalue weighted by atomic mass is 16.3. The standard InChI is InChI=1S/C59H36N4O/c60-37-49-55(41-25-12-4-13-26-41)61-59(62-56(49)42-27-14-5-15-28-42)54-48(40-23-10-3-11-24-40)35-43(38-19-6-1-7-20-38)36-52(54)63-50-32-17-16-29-47(50)53-51(63)34-33-46-45-31-18-30-44(57(45)64-58(46)53)39-21-8-2-9-22-39/h1-36H. The zero-order chi connectivity index (χ0) is 42.6. The Morgan fingerprint density at radius 1 is 0.406 bits per heavy atom. The molecular weight excluding hydrogens is 781 g/mol. The van der Waals surface area contributed by atoms with Crippen LogP contribution in [0.1, 0.15) is 5.56 Å². The van der Waals surface area contributed by atoms with Crippen molar-refractivity contribution < 1.29 is 4.42 Å². The van der Waals surface area contributed by atoms with Gasteiger partial charge < -0.3 is 8.98 Å². The van der Waals surface area contributed by atoms with Crippen molar-refractivity contribution in [2.45, 2.75) is 0 Å². The molecule has 5 nitrogen and oxygen atoms in total. The Balaban J connectivity index is 1.24. The molecule has 0 spiro atoms. The molecule has 9 aromatic carbocycles. The zero-order valence-electron chi connectivity index (χ0n) is 34.5. The molecule has 0 aliphatic rings. The summed E-state index contributed by atoms with van der Waals surface area (Å²) < 4.78 is 9.45. The van der Waals surface area contributed by atoms with Crippen LogP contribution in [-0.4, -0.2) is 14.5 Å². The summed E-state index contributed by atoms with van der Waals surface area (Å²) in [5.74, 6) is 0.508. The molecule has 5 heteroatoms. The summed E-state index contributed by atoms with van der Waals surface area (Å²) >= 11 is 0. The fraction of sp³-hybridized carbons (Fsp3) is 0. The van der Waals surface area contributed by atoms with Crippen molar-refractivity contribution >= 4 is 43.7 Å². The molecule has 0 bridgehead atoms. The van der Waals surface area contributed by atoms with Gasteiger partial charge in [0.05, 0.1) is 39.1 Å². The second-order valence-electron chi connectivity index (χ2n) is 16.0. The average molecular weight is 817 g/mol. The number of fused-ring (bicyclic) bond motifs is 7. The van der Waals surface area contributed by atoms with Gasteiger partial charge in [0, 0.05) is 32.8 Å². The first-order valence-corrected chi connectivity index (χ1v) is 21.4. The smallest absolute Gasteiger partial charge is 0.163 e. The van der Waals surface area contributed by atoms with Gasteiger partial charge in [-0.05, 0) is 58.1 Å². The predicted octanol–water partition coefficient (Wildman–Crippen LogP) is 15.3. The summed E-state index contributed by atoms with van der Waals surface area (Å²) in [5, 5.41) is 15.1. The molecule has 12 aromatic rings. The predicted molar refractivity (Wildman–Crippen MR) is 261 cm³/mol. The quantitative estimate of drug-likeness (QED) is 0.161. The van der Waals surface area contributed by atoms with Crippen molar-refractivity contribution in [2.24, 2.45) is 0 Å². The van der Waals surface area contributed by atoms with Crippen molar-refractivity contribution in [3.05, 3.63) is 224 Å². The number of nitrogens with zero attached hydrogens (tertiary/aromatic N) is 4. The van der Waals surface area contributed by atoms with E-state index in [1.807, 2.05) is 78.9 Å². The van der Waals surface area contributed by atoms with Crippen LogP contribution in [0.4, 0.5) is 0 Å². The maximum Gasteiger partial charge on any atom is 0.163 e. The van der Waals surface area contributed by atoms with Gasteiger partial charge in [0.15, 0.2) is 5.82 Å². The third kappa shape index (κ3) is 6.00. The van der Waals surface area contributed by atoms with Crippen LogP contribution in [0.5, 0.6) is 0 Å². The lowest BCUT2D eigenvalue weighted by atomic mass is 9.91. The molecule has 64 heavy (non-hydrogen) atoms. The van der Waals surface area contributed by atoms with Crippen molar-refractivity contribution in [2.75, 3.05) is 0 Å². The highest BCUT2D eigenvalue weighted by Crippen LogP contribution is 2.47. The highest BCUT2D eigenvalue weighted by Gasteiger charge is 2.27. The fourth-order valence-corrected chi connectivity index (χ4v) is 9.38. The Kier molecular flexibility index (Phi) is 8.81. The third-order valence-electron chi connectivity index (χ3n) is 12.3. The number of benzene rings is 9. The van der Waals surface area contributed by atoms with Crippen LogP contribution >= 0.6 is 0 Å². The molecular formula is C59H36N4O. The molecule has 0 fully saturated rings. The van der Waals surface area contributed by atoms with E-state index >= 15 is 0 Å². The van der Waals surface area contributed by atoms with E-state index in [4.69, 9.17) is 14.4 Å². The molecule has 3 aromatic heterocycles. The summed E-state index contributed by atoms with van der Waals surface area (Å²) in [7, 11) is 0. The molecule has 12 rings (SSSR count). The summed E-state index contributed by atoms with van der Waals surface area (Å²) in [6, 6.07) is 77.8. The summed E-state index contributed by atoms with van der Waals surface area (Å²) in [4.78, 5) is 10.9. The Morgan fingerprint density at radius 3 is 1.53 bits per heavy atom. The highest BCUT2D eigenvalue weighted by molar-refractivity contribution is 6.25. The normalized spacial score (nSPS) is 11.4. The lowest BCUT2D eigenvalue weighted by Crippen LogP contribution is -2.06. The first-order chi connectivity index (χ1) is 31.7. The molecule has 0 N–H and O–H groups in total. The van der Waals surface area contributed by atoms with Gasteiger partial charge in [0.1, 0.15) is 22.8 Å². The molecule has 0 amide bonds. The van der Waals surface area contributed by atoms with E-state index in [2.05, 4.69) is 150 Å². The van der Waals surface area contributed by atoms with Crippen molar-refractivity contribution in [1.82, 2.24) is 14.5 Å². The fourth-order valence-electron chi connectivity index (χ4n) is 9.38. The molecule has 0 radical (unpaired) electrons. The second-order valence-corrected chi connectivity index (χ2v) is 16.0. The Hall–Kier alpha value is -8.85. The molecule has 0 atom stereocenters. The van der Waals surface area contributed by atoms with Crippen LogP contribution in [0.3, 0.4) is 0 Å². The van der Waals surface area contributed by atoms with Crippen molar-refractivity contribution in [3.63, 3.8) is 0 Å². The monoisotopic (exact) mass is 816 g/mol. The van der Waals surface area contributed by atoms with E-state index in [1.165, 1.54) is 0 Å². The van der Waals surface area contributed by atoms with Crippen LogP contribution in [-0.2, 0) is 0 Å². The number of hydrogen-bond donors (Lipinski definition) is 0. The van der Waals surface area contributed by atoms with E-state index in [9.17, 15) is 5.26 Å². The van der Waals surface area contributed by atoms with Gasteiger partial charge in [-0.3, -0.25) is 0 Å². The number of rotatable bonds is 7. The first-order valence-electron chi connectivity index (χ1n) is 21.4. The van der Waals surface area contributed by atoms with E-state index in [1.54, 1.807) is 0 Å². The molecule has 0 aliphatic carbocycles. The van der Waals surface area contributed by atoms with Gasteiger partial charge in [-0.25, -0.2) is 9.97 Å². The number of furan rings is 1. The van der Waals surface area contributed by atoms with E-state index in [0.717, 1.165) is 99.5 Å². The van der Waals surface area contributed by atoms with E-state index < -0.39 is 0 Å². The van der Waals surface area contributed by atoms with Gasteiger partial charge in [0.2, 0.25) is 0 Å². The Labute approximate surface area is 369 Å². The van der Waals surface area contributed by atoms with Crippen LogP contribution in [0.15, 0.2) is 223 Å². The Bertz CT molecular complexity index is 3700. The minimum Gasteiger partial charge on any atom is -0.455 e. The number of hydrogen-bond acceptors (Lipinski definition) is 4. The largest absolute Gasteiger partial charge is 0.455 e. The van der Waals surface area contributed by atoms with Crippen LogP contribution in [0.25, 0.3) is 117 Å². The maximum absolute atomic E-state index is 10.9. The van der Waals surface area contributed by atoms with Gasteiger partial charge in [-0.1, -0.05) is 188 Å².